The highest BCUT2D eigenvalue weighted by atomic mass is 32.2. The van der Waals surface area contributed by atoms with Gasteiger partial charge in [0.05, 0.1) is 31.3 Å². The lowest BCUT2D eigenvalue weighted by atomic mass is 9.50. The smallest absolute Gasteiger partial charge is 0.124 e. The zero-order valence-corrected chi connectivity index (χ0v) is 44.2. The number of benzene rings is 10. The fourth-order valence-corrected chi connectivity index (χ4v) is 16.3. The highest BCUT2D eigenvalue weighted by Crippen LogP contribution is 2.61. The molecule has 13 aromatic rings. The van der Waals surface area contributed by atoms with Crippen LogP contribution in [0.15, 0.2) is 266 Å². The third-order valence-electron chi connectivity index (χ3n) is 15.6. The molecule has 0 atom stereocenters. The number of fused-ring (bicyclic) bond motifs is 6. The second-order valence-electron chi connectivity index (χ2n) is 19.7. The van der Waals surface area contributed by atoms with Gasteiger partial charge in [-0.25, -0.2) is 9.97 Å². The van der Waals surface area contributed by atoms with Crippen molar-refractivity contribution in [2.45, 2.75) is 15.7 Å². The molecule has 6 heteroatoms. The van der Waals surface area contributed by atoms with E-state index in [0.29, 0.717) is 0 Å². The van der Waals surface area contributed by atoms with Crippen LogP contribution in [0.3, 0.4) is 0 Å². The van der Waals surface area contributed by atoms with Crippen LogP contribution in [0.4, 0.5) is 0 Å². The molecule has 0 saturated heterocycles. The first-order valence-electron chi connectivity index (χ1n) is 25.5. The largest absolute Gasteiger partial charge is 0.236 e. The van der Waals surface area contributed by atoms with E-state index >= 15 is 0 Å². The first kappa shape index (κ1) is 45.2. The number of nitrogens with zero attached hydrogens (tertiary/aromatic N) is 2. The maximum Gasteiger partial charge on any atom is 0.124 e. The molecular formula is C70H44N2S4. The Hall–Kier alpha value is -8.23. The Morgan fingerprint density at radius 2 is 0.763 bits per heavy atom. The van der Waals surface area contributed by atoms with Gasteiger partial charge in [0.2, 0.25) is 0 Å². The third kappa shape index (κ3) is 7.05. The van der Waals surface area contributed by atoms with E-state index in [9.17, 15) is 0 Å². The molecule has 15 rings (SSSR count). The Bertz CT molecular complexity index is 4170. The van der Waals surface area contributed by atoms with Gasteiger partial charge in [0, 0.05) is 30.5 Å². The molecule has 1 aliphatic carbocycles. The molecule has 2 nitrogen and oxygen atoms in total. The number of thioether (sulfide) groups is 1. The second kappa shape index (κ2) is 18.0. The molecule has 0 N–H and O–H groups in total. The van der Waals surface area contributed by atoms with E-state index in [1.165, 1.54) is 95.4 Å². The van der Waals surface area contributed by atoms with Crippen molar-refractivity contribution in [3.8, 4) is 31.6 Å². The van der Waals surface area contributed by atoms with Crippen molar-refractivity contribution in [3.63, 3.8) is 0 Å². The lowest BCUT2D eigenvalue weighted by Gasteiger charge is -2.51. The second-order valence-corrected chi connectivity index (χ2v) is 23.9. The van der Waals surface area contributed by atoms with Crippen molar-refractivity contribution in [2.24, 2.45) is 0 Å². The molecule has 4 heterocycles. The summed E-state index contributed by atoms with van der Waals surface area (Å²) in [6.45, 7) is 4.49. The Morgan fingerprint density at radius 1 is 0.355 bits per heavy atom. The van der Waals surface area contributed by atoms with Crippen molar-refractivity contribution in [1.82, 2.24) is 9.97 Å². The van der Waals surface area contributed by atoms with Crippen molar-refractivity contribution in [1.29, 1.82) is 0 Å². The summed E-state index contributed by atoms with van der Waals surface area (Å²) in [7, 11) is 0. The van der Waals surface area contributed by atoms with Crippen LogP contribution < -0.4 is 0 Å². The van der Waals surface area contributed by atoms with Crippen molar-refractivity contribution >= 4 is 86.8 Å². The molecule has 0 unspecified atom stereocenters. The van der Waals surface area contributed by atoms with Crippen molar-refractivity contribution in [2.75, 3.05) is 0 Å². The molecule has 0 bridgehead atoms. The van der Waals surface area contributed by atoms with Crippen LogP contribution in [-0.4, -0.2) is 9.97 Å². The number of para-hydroxylation sites is 2. The number of allylic oxidation sites excluding steroid dienone is 2. The zero-order valence-electron chi connectivity index (χ0n) is 41.0. The first-order chi connectivity index (χ1) is 37.5. The molecule has 10 aromatic carbocycles. The predicted octanol–water partition coefficient (Wildman–Crippen LogP) is 19.4. The van der Waals surface area contributed by atoms with Crippen LogP contribution in [0, 0.1) is 0 Å². The lowest BCUT2D eigenvalue weighted by Crippen LogP contribution is -2.45. The Balaban J connectivity index is 0.961. The van der Waals surface area contributed by atoms with Gasteiger partial charge in [-0.15, -0.1) is 34.0 Å². The topological polar surface area (TPSA) is 25.8 Å². The summed E-state index contributed by atoms with van der Waals surface area (Å²) < 4.78 is 3.67. The summed E-state index contributed by atoms with van der Waals surface area (Å²) in [5.74, 6) is 0. The van der Waals surface area contributed by atoms with Gasteiger partial charge in [-0.05, 0) is 121 Å². The average Bonchev–Trinajstić information content (AvgIpc) is 4.31. The third-order valence-corrected chi connectivity index (χ3v) is 20.1. The molecular weight excluding hydrogens is 997 g/mol. The summed E-state index contributed by atoms with van der Waals surface area (Å²) in [6.07, 6.45) is 2.24. The van der Waals surface area contributed by atoms with Crippen molar-refractivity contribution in [3.05, 3.63) is 317 Å². The van der Waals surface area contributed by atoms with E-state index in [1.54, 1.807) is 22.7 Å². The van der Waals surface area contributed by atoms with E-state index in [1.807, 2.05) is 23.1 Å². The van der Waals surface area contributed by atoms with Crippen LogP contribution in [-0.2, 0) is 10.8 Å². The minimum atomic E-state index is -0.733. The van der Waals surface area contributed by atoms with Gasteiger partial charge in [0.25, 0.3) is 0 Å². The SMILES string of the molecule is C=C1C=C(c2ccc(C3(c4ccc(-c5nc6ccccc6s5)cc4)c4ccccc4C(c4ccc(-c5cc6ccccc6s5)cc4)(c4ccc(-c5nc6ccccc6s5)cc4)c4ccccc43)cc2)Sc2ccccc21. The molecule has 76 heavy (non-hydrogen) atoms. The van der Waals surface area contributed by atoms with Gasteiger partial charge in [-0.2, -0.15) is 0 Å². The number of aromatic nitrogens is 2. The maximum absolute atomic E-state index is 5.11. The van der Waals surface area contributed by atoms with Gasteiger partial charge in [0.1, 0.15) is 10.0 Å². The molecule has 358 valence electrons. The van der Waals surface area contributed by atoms with Gasteiger partial charge in [-0.1, -0.05) is 225 Å². The quantitative estimate of drug-likeness (QED) is 0.152. The van der Waals surface area contributed by atoms with E-state index in [4.69, 9.17) is 9.97 Å². The molecule has 3 aromatic heterocycles. The summed E-state index contributed by atoms with van der Waals surface area (Å²) in [5, 5.41) is 3.31. The lowest BCUT2D eigenvalue weighted by molar-refractivity contribution is 0.615. The van der Waals surface area contributed by atoms with Gasteiger partial charge in [-0.3, -0.25) is 0 Å². The fourth-order valence-electron chi connectivity index (χ4n) is 12.1. The number of hydrogen-bond donors (Lipinski definition) is 0. The Labute approximate surface area is 457 Å². The van der Waals surface area contributed by atoms with E-state index in [-0.39, 0.29) is 0 Å². The molecule has 1 aliphatic heterocycles. The van der Waals surface area contributed by atoms with Crippen LogP contribution >= 0.6 is 45.8 Å². The number of hydrogen-bond acceptors (Lipinski definition) is 6. The Morgan fingerprint density at radius 3 is 1.25 bits per heavy atom. The standard InChI is InChI=1S/C70H44N2S4/c1-44-42-65(74-62-23-11-3-15-54(44)62)45-26-34-50(35-27-45)69(52-38-30-47(31-39-52)67-71-59-20-8-12-24-63(59)75-67)55-16-4-6-18-57(55)70(58-19-7-5-17-56(58)69,51-36-28-46(29-37-51)66-43-49-14-2-10-22-61(49)73-66)53-40-32-48(33-41-53)68-72-60-21-9-13-25-64(60)76-68/h2-43H,1H2. The Kier molecular flexibility index (Phi) is 10.7. The van der Waals surface area contributed by atoms with E-state index in [2.05, 4.69) is 261 Å². The zero-order chi connectivity index (χ0) is 50.4. The molecule has 0 amide bonds. The molecule has 0 saturated carbocycles. The van der Waals surface area contributed by atoms with Gasteiger partial charge in [0.15, 0.2) is 0 Å². The van der Waals surface area contributed by atoms with Gasteiger partial charge < -0.3 is 0 Å². The molecule has 0 spiro atoms. The predicted molar refractivity (Wildman–Crippen MR) is 324 cm³/mol. The summed E-state index contributed by atoms with van der Waals surface area (Å²) >= 11 is 7.16. The first-order valence-corrected chi connectivity index (χ1v) is 28.8. The minimum Gasteiger partial charge on any atom is -0.236 e. The maximum atomic E-state index is 5.11. The number of thiophene rings is 1. The molecule has 0 radical (unpaired) electrons. The fraction of sp³-hybridized carbons (Fsp3) is 0.0286. The van der Waals surface area contributed by atoms with Crippen LogP contribution in [0.2, 0.25) is 0 Å². The summed E-state index contributed by atoms with van der Waals surface area (Å²) in [5.41, 5.74) is 17.2. The summed E-state index contributed by atoms with van der Waals surface area (Å²) in [6, 6.07) is 92.5. The van der Waals surface area contributed by atoms with Crippen LogP contribution in [0.25, 0.3) is 72.6 Å². The summed E-state index contributed by atoms with van der Waals surface area (Å²) in [4.78, 5) is 13.9. The highest BCUT2D eigenvalue weighted by Gasteiger charge is 2.53. The molecule has 0 fully saturated rings. The number of thiazole rings is 2. The van der Waals surface area contributed by atoms with E-state index in [0.717, 1.165) is 37.7 Å². The van der Waals surface area contributed by atoms with Gasteiger partial charge >= 0.3 is 0 Å². The normalized spacial score (nSPS) is 16.8. The molecule has 2 aliphatic rings. The van der Waals surface area contributed by atoms with Crippen LogP contribution in [0.1, 0.15) is 55.6 Å². The van der Waals surface area contributed by atoms with Crippen LogP contribution in [0.5, 0.6) is 0 Å². The average molecular weight is 1040 g/mol. The monoisotopic (exact) mass is 1040 g/mol. The minimum absolute atomic E-state index is 0.723. The number of rotatable bonds is 8. The van der Waals surface area contributed by atoms with Crippen molar-refractivity contribution < 1.29 is 0 Å². The van der Waals surface area contributed by atoms with E-state index < -0.39 is 10.8 Å². The highest BCUT2D eigenvalue weighted by molar-refractivity contribution is 8.08.